The lowest BCUT2D eigenvalue weighted by molar-refractivity contribution is 0.102. The Morgan fingerprint density at radius 1 is 0.966 bits per heavy atom. The van der Waals surface area contributed by atoms with Gasteiger partial charge in [-0.2, -0.15) is 0 Å². The lowest BCUT2D eigenvalue weighted by Gasteiger charge is -2.20. The molecule has 1 heterocycles. The molecule has 0 saturated heterocycles. The van der Waals surface area contributed by atoms with Gasteiger partial charge in [-0.25, -0.2) is 17.2 Å². The topological polar surface area (TPSA) is 66.5 Å². The molecule has 0 unspecified atom stereocenters. The second kappa shape index (κ2) is 7.29. The molecule has 0 saturated carbocycles. The van der Waals surface area contributed by atoms with Crippen LogP contribution >= 0.6 is 0 Å². The normalized spacial score (nSPS) is 13.2. The number of amides is 1. The third-order valence-corrected chi connectivity index (χ3v) is 6.51. The van der Waals surface area contributed by atoms with E-state index in [1.54, 1.807) is 12.1 Å². The molecular weight excluding hydrogens is 398 g/mol. The van der Waals surface area contributed by atoms with Crippen molar-refractivity contribution in [2.45, 2.75) is 11.3 Å². The summed E-state index contributed by atoms with van der Waals surface area (Å²) in [5, 5.41) is 2.27. The van der Waals surface area contributed by atoms with Gasteiger partial charge in [-0.05, 0) is 48.4 Å². The minimum atomic E-state index is -3.88. The van der Waals surface area contributed by atoms with E-state index in [0.717, 1.165) is 23.8 Å². The number of halogens is 2. The molecular formula is C21H16F2N2O3S. The smallest absolute Gasteiger partial charge is 0.264 e. The molecule has 0 radical (unpaired) electrons. The molecule has 3 aromatic rings. The summed E-state index contributed by atoms with van der Waals surface area (Å²) in [6, 6.07) is 15.4. The standard InChI is InChI=1S/C21H16F2N2O3S/c22-16-8-9-18(23)19(13-16)24-21(26)15-5-3-6-17(12-15)29(27,28)25-11-10-14-4-1-2-7-20(14)25/h1-9,12-13H,10-11H2,(H,24,26). The number of hydrogen-bond donors (Lipinski definition) is 1. The van der Waals surface area contributed by atoms with Crippen molar-refractivity contribution >= 4 is 27.3 Å². The summed E-state index contributed by atoms with van der Waals surface area (Å²) in [7, 11) is -3.88. The van der Waals surface area contributed by atoms with Gasteiger partial charge in [0.2, 0.25) is 0 Å². The Morgan fingerprint density at radius 2 is 1.76 bits per heavy atom. The van der Waals surface area contributed by atoms with Crippen LogP contribution in [0, 0.1) is 11.6 Å². The third kappa shape index (κ3) is 3.58. The molecule has 0 aliphatic carbocycles. The Bertz CT molecular complexity index is 1210. The van der Waals surface area contributed by atoms with Crippen LogP contribution < -0.4 is 9.62 Å². The van der Waals surface area contributed by atoms with Crippen LogP contribution in [0.4, 0.5) is 20.2 Å². The van der Waals surface area contributed by atoms with Crippen LogP contribution in [0.25, 0.3) is 0 Å². The number of para-hydroxylation sites is 1. The first-order valence-corrected chi connectivity index (χ1v) is 10.3. The van der Waals surface area contributed by atoms with Gasteiger partial charge < -0.3 is 5.32 Å². The molecule has 4 rings (SSSR count). The minimum Gasteiger partial charge on any atom is -0.319 e. The number of anilines is 2. The van der Waals surface area contributed by atoms with Gasteiger partial charge in [0.25, 0.3) is 15.9 Å². The zero-order valence-electron chi connectivity index (χ0n) is 15.1. The number of benzene rings is 3. The molecule has 1 amide bonds. The summed E-state index contributed by atoms with van der Waals surface area (Å²) in [5.74, 6) is -2.24. The highest BCUT2D eigenvalue weighted by Crippen LogP contribution is 2.32. The van der Waals surface area contributed by atoms with Gasteiger partial charge in [0.05, 0.1) is 16.3 Å². The Hall–Kier alpha value is -3.26. The molecule has 148 valence electrons. The fraction of sp³-hybridized carbons (Fsp3) is 0.0952. The second-order valence-corrected chi connectivity index (χ2v) is 8.42. The van der Waals surface area contributed by atoms with Crippen molar-refractivity contribution in [3.05, 3.63) is 89.5 Å². The zero-order chi connectivity index (χ0) is 20.6. The summed E-state index contributed by atoms with van der Waals surface area (Å²) >= 11 is 0. The van der Waals surface area contributed by atoms with Crippen LogP contribution in [0.15, 0.2) is 71.6 Å². The average Bonchev–Trinajstić information content (AvgIpc) is 3.16. The first-order valence-electron chi connectivity index (χ1n) is 8.83. The minimum absolute atomic E-state index is 0.0159. The Labute approximate surface area is 166 Å². The highest BCUT2D eigenvalue weighted by atomic mass is 32.2. The van der Waals surface area contributed by atoms with Gasteiger partial charge in [0.15, 0.2) is 0 Å². The van der Waals surface area contributed by atoms with Crippen molar-refractivity contribution in [2.24, 2.45) is 0 Å². The molecule has 8 heteroatoms. The molecule has 0 bridgehead atoms. The molecule has 3 aromatic carbocycles. The van der Waals surface area contributed by atoms with E-state index in [0.29, 0.717) is 18.7 Å². The van der Waals surface area contributed by atoms with Crippen molar-refractivity contribution in [2.75, 3.05) is 16.2 Å². The highest BCUT2D eigenvalue weighted by molar-refractivity contribution is 7.92. The monoisotopic (exact) mass is 414 g/mol. The van der Waals surface area contributed by atoms with Gasteiger partial charge in [-0.3, -0.25) is 9.10 Å². The van der Waals surface area contributed by atoms with Gasteiger partial charge in [-0.1, -0.05) is 24.3 Å². The first-order chi connectivity index (χ1) is 13.9. The van der Waals surface area contributed by atoms with Crippen LogP contribution in [0.2, 0.25) is 0 Å². The molecule has 1 aliphatic rings. The summed E-state index contributed by atoms with van der Waals surface area (Å²) in [5.41, 5.74) is 1.25. The molecule has 1 N–H and O–H groups in total. The van der Waals surface area contributed by atoms with E-state index >= 15 is 0 Å². The van der Waals surface area contributed by atoms with E-state index in [9.17, 15) is 22.0 Å². The van der Waals surface area contributed by atoms with Gasteiger partial charge in [-0.15, -0.1) is 0 Å². The van der Waals surface area contributed by atoms with E-state index in [-0.39, 0.29) is 16.1 Å². The molecule has 5 nitrogen and oxygen atoms in total. The van der Waals surface area contributed by atoms with Crippen molar-refractivity contribution < 1.29 is 22.0 Å². The molecule has 29 heavy (non-hydrogen) atoms. The zero-order valence-corrected chi connectivity index (χ0v) is 15.9. The van der Waals surface area contributed by atoms with Crippen molar-refractivity contribution in [3.63, 3.8) is 0 Å². The van der Waals surface area contributed by atoms with Gasteiger partial charge in [0.1, 0.15) is 11.6 Å². The number of rotatable bonds is 4. The molecule has 1 aliphatic heterocycles. The van der Waals surface area contributed by atoms with Crippen molar-refractivity contribution in [1.82, 2.24) is 0 Å². The summed E-state index contributed by atoms with van der Waals surface area (Å²) in [6.45, 7) is 0.312. The second-order valence-electron chi connectivity index (χ2n) is 6.56. The number of nitrogens with zero attached hydrogens (tertiary/aromatic N) is 1. The van der Waals surface area contributed by atoms with Crippen LogP contribution in [0.1, 0.15) is 15.9 Å². The Kier molecular flexibility index (Phi) is 4.79. The van der Waals surface area contributed by atoms with Crippen LogP contribution in [-0.4, -0.2) is 20.9 Å². The summed E-state index contributed by atoms with van der Waals surface area (Å²) in [4.78, 5) is 12.4. The quantitative estimate of drug-likeness (QED) is 0.703. The molecule has 0 aromatic heterocycles. The van der Waals surface area contributed by atoms with E-state index < -0.39 is 27.6 Å². The maximum Gasteiger partial charge on any atom is 0.264 e. The maximum atomic E-state index is 13.8. The van der Waals surface area contributed by atoms with E-state index in [2.05, 4.69) is 5.32 Å². The number of sulfonamides is 1. The van der Waals surface area contributed by atoms with Crippen LogP contribution in [-0.2, 0) is 16.4 Å². The fourth-order valence-corrected chi connectivity index (χ4v) is 4.82. The third-order valence-electron chi connectivity index (χ3n) is 4.71. The van der Waals surface area contributed by atoms with E-state index in [1.165, 1.54) is 28.6 Å². The maximum absolute atomic E-state index is 13.8. The van der Waals surface area contributed by atoms with Crippen LogP contribution in [0.5, 0.6) is 0 Å². The van der Waals surface area contributed by atoms with Crippen molar-refractivity contribution in [1.29, 1.82) is 0 Å². The number of fused-ring (bicyclic) bond motifs is 1. The van der Waals surface area contributed by atoms with Gasteiger partial charge in [0, 0.05) is 18.2 Å². The lowest BCUT2D eigenvalue weighted by Crippen LogP contribution is -2.29. The van der Waals surface area contributed by atoms with E-state index in [1.807, 2.05) is 12.1 Å². The van der Waals surface area contributed by atoms with E-state index in [4.69, 9.17) is 0 Å². The number of nitrogens with one attached hydrogen (secondary N) is 1. The molecule has 0 spiro atoms. The number of hydrogen-bond acceptors (Lipinski definition) is 3. The van der Waals surface area contributed by atoms with Crippen LogP contribution in [0.3, 0.4) is 0 Å². The Balaban J connectivity index is 1.63. The molecule has 0 atom stereocenters. The number of carbonyl (C=O) groups excluding carboxylic acids is 1. The summed E-state index contributed by atoms with van der Waals surface area (Å²) < 4.78 is 54.6. The first kappa shape index (κ1) is 19.1. The van der Waals surface area contributed by atoms with Gasteiger partial charge >= 0.3 is 0 Å². The van der Waals surface area contributed by atoms with Crippen molar-refractivity contribution in [3.8, 4) is 0 Å². The fourth-order valence-electron chi connectivity index (χ4n) is 3.27. The predicted molar refractivity (Wildman–Crippen MR) is 105 cm³/mol. The predicted octanol–water partition coefficient (Wildman–Crippen LogP) is 3.97. The SMILES string of the molecule is O=C(Nc1cc(F)ccc1F)c1cccc(S(=O)(=O)N2CCc3ccccc32)c1. The highest BCUT2D eigenvalue weighted by Gasteiger charge is 2.31. The Morgan fingerprint density at radius 3 is 2.59 bits per heavy atom. The largest absolute Gasteiger partial charge is 0.319 e. The number of carbonyl (C=O) groups is 1. The lowest BCUT2D eigenvalue weighted by atomic mass is 10.2. The average molecular weight is 414 g/mol. The summed E-state index contributed by atoms with van der Waals surface area (Å²) in [6.07, 6.45) is 0.606. The molecule has 0 fully saturated rings.